The molecule has 0 unspecified atom stereocenters. The Kier molecular flexibility index (Phi) is 5.16. The van der Waals surface area contributed by atoms with Crippen LogP contribution < -0.4 is 10.6 Å². The second-order valence-corrected chi connectivity index (χ2v) is 5.62. The summed E-state index contributed by atoms with van der Waals surface area (Å²) in [5.74, 6) is -1.95. The van der Waals surface area contributed by atoms with E-state index in [1.54, 1.807) is 24.3 Å². The van der Waals surface area contributed by atoms with Crippen LogP contribution in [-0.4, -0.2) is 21.7 Å². The standard InChI is InChI=1S/C19H14F2N4O2/c1-11(26)12-2-5-14(6-3-12)24-18-10-22-17(9-23-18)19(27)25-16-7-4-13(20)8-15(16)21/h2-10H,1H3,(H,23,24)(H,25,27). The molecule has 0 aliphatic carbocycles. The summed E-state index contributed by atoms with van der Waals surface area (Å²) in [5.41, 5.74) is 1.10. The van der Waals surface area contributed by atoms with E-state index >= 15 is 0 Å². The van der Waals surface area contributed by atoms with Crippen molar-refractivity contribution in [2.45, 2.75) is 6.92 Å². The quantitative estimate of drug-likeness (QED) is 0.666. The first-order chi connectivity index (χ1) is 12.9. The Morgan fingerprint density at radius 2 is 1.70 bits per heavy atom. The Labute approximate surface area is 153 Å². The van der Waals surface area contributed by atoms with Crippen LogP contribution in [0.5, 0.6) is 0 Å². The smallest absolute Gasteiger partial charge is 0.275 e. The largest absolute Gasteiger partial charge is 0.339 e. The van der Waals surface area contributed by atoms with Crippen LogP contribution in [0.2, 0.25) is 0 Å². The molecule has 0 fully saturated rings. The van der Waals surface area contributed by atoms with Gasteiger partial charge in [-0.15, -0.1) is 0 Å². The Bertz CT molecular complexity index is 990. The summed E-state index contributed by atoms with van der Waals surface area (Å²) < 4.78 is 26.5. The van der Waals surface area contributed by atoms with Crippen molar-refractivity contribution < 1.29 is 18.4 Å². The van der Waals surface area contributed by atoms with Gasteiger partial charge in [-0.3, -0.25) is 9.59 Å². The zero-order valence-electron chi connectivity index (χ0n) is 14.2. The third-order valence-electron chi connectivity index (χ3n) is 3.63. The first-order valence-corrected chi connectivity index (χ1v) is 7.89. The molecule has 0 aliphatic rings. The van der Waals surface area contributed by atoms with Crippen molar-refractivity contribution >= 4 is 28.9 Å². The molecule has 6 nitrogen and oxygen atoms in total. The SMILES string of the molecule is CC(=O)c1ccc(Nc2cnc(C(=O)Nc3ccc(F)cc3F)cn2)cc1. The number of benzene rings is 2. The predicted octanol–water partition coefficient (Wildman–Crippen LogP) is 3.95. The van der Waals surface area contributed by atoms with Gasteiger partial charge in [-0.2, -0.15) is 0 Å². The van der Waals surface area contributed by atoms with Gasteiger partial charge >= 0.3 is 0 Å². The average molecular weight is 368 g/mol. The molecular weight excluding hydrogens is 354 g/mol. The van der Waals surface area contributed by atoms with E-state index in [0.29, 0.717) is 23.1 Å². The van der Waals surface area contributed by atoms with Crippen molar-refractivity contribution in [3.63, 3.8) is 0 Å². The van der Waals surface area contributed by atoms with Crippen LogP contribution in [0.1, 0.15) is 27.8 Å². The van der Waals surface area contributed by atoms with Gasteiger partial charge in [-0.1, -0.05) is 0 Å². The molecule has 0 spiro atoms. The number of halogens is 2. The second kappa shape index (κ2) is 7.69. The van der Waals surface area contributed by atoms with Crippen molar-refractivity contribution in [1.82, 2.24) is 9.97 Å². The van der Waals surface area contributed by atoms with Crippen molar-refractivity contribution in [3.05, 3.63) is 77.8 Å². The van der Waals surface area contributed by atoms with Crippen LogP contribution in [0.25, 0.3) is 0 Å². The molecule has 0 radical (unpaired) electrons. The maximum atomic E-state index is 13.6. The molecule has 8 heteroatoms. The number of ketones is 1. The second-order valence-electron chi connectivity index (χ2n) is 5.62. The molecule has 3 aromatic rings. The monoisotopic (exact) mass is 368 g/mol. The molecule has 2 aromatic carbocycles. The van der Waals surface area contributed by atoms with Crippen LogP contribution in [0, 0.1) is 11.6 Å². The third kappa shape index (κ3) is 4.49. The maximum Gasteiger partial charge on any atom is 0.275 e. The van der Waals surface area contributed by atoms with Crippen LogP contribution in [0.15, 0.2) is 54.9 Å². The highest BCUT2D eigenvalue weighted by Gasteiger charge is 2.12. The minimum Gasteiger partial charge on any atom is -0.339 e. The van der Waals surface area contributed by atoms with E-state index in [1.807, 2.05) is 0 Å². The summed E-state index contributed by atoms with van der Waals surface area (Å²) in [5, 5.41) is 5.29. The van der Waals surface area contributed by atoms with Gasteiger partial charge in [0.15, 0.2) is 5.78 Å². The minimum absolute atomic E-state index is 0.0313. The Hall–Kier alpha value is -3.68. The van der Waals surface area contributed by atoms with Crippen LogP contribution >= 0.6 is 0 Å². The van der Waals surface area contributed by atoms with E-state index in [2.05, 4.69) is 20.6 Å². The van der Waals surface area contributed by atoms with Gasteiger partial charge < -0.3 is 10.6 Å². The fourth-order valence-electron chi connectivity index (χ4n) is 2.22. The molecule has 0 atom stereocenters. The van der Waals surface area contributed by atoms with E-state index in [0.717, 1.165) is 12.1 Å². The van der Waals surface area contributed by atoms with Crippen molar-refractivity contribution in [1.29, 1.82) is 0 Å². The van der Waals surface area contributed by atoms with Crippen LogP contribution in [0.4, 0.5) is 26.0 Å². The van der Waals surface area contributed by atoms with Gasteiger partial charge in [-0.05, 0) is 43.3 Å². The zero-order chi connectivity index (χ0) is 19.4. The summed E-state index contributed by atoms with van der Waals surface area (Å²) in [7, 11) is 0. The Morgan fingerprint density at radius 1 is 0.963 bits per heavy atom. The van der Waals surface area contributed by atoms with Gasteiger partial charge in [0.25, 0.3) is 5.91 Å². The molecule has 0 bridgehead atoms. The minimum atomic E-state index is -0.886. The Balaban J connectivity index is 1.67. The van der Waals surface area contributed by atoms with E-state index in [1.165, 1.54) is 19.3 Å². The van der Waals surface area contributed by atoms with Crippen LogP contribution in [0.3, 0.4) is 0 Å². The number of anilines is 3. The number of nitrogens with one attached hydrogen (secondary N) is 2. The van der Waals surface area contributed by atoms with E-state index in [9.17, 15) is 18.4 Å². The average Bonchev–Trinajstić information content (AvgIpc) is 2.65. The van der Waals surface area contributed by atoms with Gasteiger partial charge in [0.05, 0.1) is 18.1 Å². The first kappa shape index (κ1) is 18.1. The number of rotatable bonds is 5. The molecule has 0 saturated heterocycles. The van der Waals surface area contributed by atoms with Gasteiger partial charge in [0, 0.05) is 17.3 Å². The van der Waals surface area contributed by atoms with Crippen molar-refractivity contribution in [2.24, 2.45) is 0 Å². The van der Waals surface area contributed by atoms with Crippen molar-refractivity contribution in [2.75, 3.05) is 10.6 Å². The molecule has 136 valence electrons. The van der Waals surface area contributed by atoms with Crippen molar-refractivity contribution in [3.8, 4) is 0 Å². The molecule has 1 aromatic heterocycles. The fraction of sp³-hybridized carbons (Fsp3) is 0.0526. The molecular formula is C19H14F2N4O2. The lowest BCUT2D eigenvalue weighted by Crippen LogP contribution is -2.15. The lowest BCUT2D eigenvalue weighted by atomic mass is 10.1. The van der Waals surface area contributed by atoms with Gasteiger partial charge in [0.2, 0.25) is 0 Å². The summed E-state index contributed by atoms with van der Waals surface area (Å²) in [4.78, 5) is 31.4. The first-order valence-electron chi connectivity index (χ1n) is 7.89. The topological polar surface area (TPSA) is 84.0 Å². The lowest BCUT2D eigenvalue weighted by Gasteiger charge is -2.08. The van der Waals surface area contributed by atoms with Crippen LogP contribution in [-0.2, 0) is 0 Å². The number of hydrogen-bond donors (Lipinski definition) is 2. The number of Topliss-reactive ketones (excluding diaryl/α,β-unsaturated/α-hetero) is 1. The third-order valence-corrected chi connectivity index (χ3v) is 3.63. The molecule has 2 N–H and O–H groups in total. The summed E-state index contributed by atoms with van der Waals surface area (Å²) in [6.45, 7) is 1.48. The molecule has 0 saturated carbocycles. The number of carbonyl (C=O) groups is 2. The molecule has 1 heterocycles. The molecule has 1 amide bonds. The summed E-state index contributed by atoms with van der Waals surface area (Å²) >= 11 is 0. The number of carbonyl (C=O) groups excluding carboxylic acids is 2. The Morgan fingerprint density at radius 3 is 2.30 bits per heavy atom. The molecule has 3 rings (SSSR count). The number of nitrogens with zero attached hydrogens (tertiary/aromatic N) is 2. The van der Waals surface area contributed by atoms with E-state index in [4.69, 9.17) is 0 Å². The number of aromatic nitrogens is 2. The summed E-state index contributed by atoms with van der Waals surface area (Å²) in [6, 6.07) is 9.62. The number of hydrogen-bond acceptors (Lipinski definition) is 5. The van der Waals surface area contributed by atoms with E-state index < -0.39 is 17.5 Å². The molecule has 27 heavy (non-hydrogen) atoms. The highest BCUT2D eigenvalue weighted by molar-refractivity contribution is 6.02. The summed E-state index contributed by atoms with van der Waals surface area (Å²) in [6.07, 6.45) is 2.57. The maximum absolute atomic E-state index is 13.6. The molecule has 0 aliphatic heterocycles. The fourth-order valence-corrected chi connectivity index (χ4v) is 2.22. The van der Waals surface area contributed by atoms with E-state index in [-0.39, 0.29) is 17.2 Å². The van der Waals surface area contributed by atoms with Gasteiger partial charge in [-0.25, -0.2) is 18.7 Å². The number of amides is 1. The normalized spacial score (nSPS) is 10.3. The highest BCUT2D eigenvalue weighted by atomic mass is 19.1. The lowest BCUT2D eigenvalue weighted by molar-refractivity contribution is 0.101. The predicted molar refractivity (Wildman–Crippen MR) is 96.1 cm³/mol. The highest BCUT2D eigenvalue weighted by Crippen LogP contribution is 2.17. The zero-order valence-corrected chi connectivity index (χ0v) is 14.2. The van der Waals surface area contributed by atoms with Gasteiger partial charge in [0.1, 0.15) is 23.1 Å².